The lowest BCUT2D eigenvalue weighted by Crippen LogP contribution is -2.12. The lowest BCUT2D eigenvalue weighted by Gasteiger charge is -2.00. The van der Waals surface area contributed by atoms with E-state index in [-0.39, 0.29) is 5.91 Å². The van der Waals surface area contributed by atoms with Crippen molar-refractivity contribution in [2.24, 2.45) is 7.05 Å². The summed E-state index contributed by atoms with van der Waals surface area (Å²) < 4.78 is 1.66. The highest BCUT2D eigenvalue weighted by molar-refractivity contribution is 6.06. The molecule has 102 valence electrons. The Hall–Kier alpha value is -2.76. The van der Waals surface area contributed by atoms with Crippen molar-refractivity contribution >= 4 is 28.2 Å². The summed E-state index contributed by atoms with van der Waals surface area (Å²) in [6.45, 7) is 1.85. The van der Waals surface area contributed by atoms with E-state index in [0.717, 1.165) is 16.6 Å². The first-order valence-electron chi connectivity index (χ1n) is 6.23. The Labute approximate surface area is 115 Å². The van der Waals surface area contributed by atoms with E-state index in [1.165, 1.54) is 0 Å². The van der Waals surface area contributed by atoms with Gasteiger partial charge in [-0.25, -0.2) is 0 Å². The Bertz CT molecular complexity index is 799. The number of benzene rings is 1. The fourth-order valence-electron chi connectivity index (χ4n) is 2.19. The van der Waals surface area contributed by atoms with E-state index >= 15 is 0 Å². The van der Waals surface area contributed by atoms with Crippen molar-refractivity contribution < 1.29 is 4.79 Å². The first kappa shape index (κ1) is 12.3. The van der Waals surface area contributed by atoms with Crippen molar-refractivity contribution in [3.63, 3.8) is 0 Å². The molecule has 0 fully saturated rings. The molecule has 0 unspecified atom stereocenters. The second-order valence-electron chi connectivity index (χ2n) is 4.79. The topological polar surface area (TPSA) is 88.7 Å². The number of fused-ring (bicyclic) bond motifs is 1. The van der Waals surface area contributed by atoms with Gasteiger partial charge in [0.25, 0.3) is 5.91 Å². The van der Waals surface area contributed by atoms with Gasteiger partial charge in [0, 0.05) is 29.8 Å². The number of nitrogen functional groups attached to an aromatic ring is 1. The molecule has 3 rings (SSSR count). The van der Waals surface area contributed by atoms with Gasteiger partial charge in [0.05, 0.1) is 11.4 Å². The maximum absolute atomic E-state index is 12.2. The van der Waals surface area contributed by atoms with Gasteiger partial charge in [-0.2, -0.15) is 5.10 Å². The minimum absolute atomic E-state index is 0.198. The smallest absolute Gasteiger partial charge is 0.272 e. The van der Waals surface area contributed by atoms with Crippen LogP contribution in [0, 0.1) is 6.92 Å². The summed E-state index contributed by atoms with van der Waals surface area (Å²) in [5, 5.41) is 7.94. The molecule has 0 bridgehead atoms. The van der Waals surface area contributed by atoms with Gasteiger partial charge in [-0.3, -0.25) is 9.48 Å². The number of H-pyrrole nitrogens is 1. The lowest BCUT2D eigenvalue weighted by molar-refractivity contribution is 0.102. The minimum Gasteiger partial charge on any atom is -0.399 e. The molecule has 0 aliphatic carbocycles. The number of nitrogens with two attached hydrogens (primary N) is 1. The third-order valence-corrected chi connectivity index (χ3v) is 3.15. The zero-order valence-electron chi connectivity index (χ0n) is 11.3. The molecular weight excluding hydrogens is 254 g/mol. The number of nitrogens with zero attached hydrogens (tertiary/aromatic N) is 2. The van der Waals surface area contributed by atoms with E-state index in [0.29, 0.717) is 17.1 Å². The van der Waals surface area contributed by atoms with E-state index < -0.39 is 0 Å². The number of carbonyl (C=O) groups is 1. The number of amides is 1. The average molecular weight is 269 g/mol. The highest BCUT2D eigenvalue weighted by Gasteiger charge is 2.12. The van der Waals surface area contributed by atoms with E-state index in [2.05, 4.69) is 15.4 Å². The van der Waals surface area contributed by atoms with E-state index in [9.17, 15) is 4.79 Å². The van der Waals surface area contributed by atoms with Crippen LogP contribution in [0.4, 0.5) is 11.4 Å². The van der Waals surface area contributed by atoms with Crippen LogP contribution in [0.3, 0.4) is 0 Å². The summed E-state index contributed by atoms with van der Waals surface area (Å²) in [5.74, 6) is -0.198. The number of aromatic amines is 1. The van der Waals surface area contributed by atoms with Crippen LogP contribution in [0.1, 0.15) is 16.2 Å². The van der Waals surface area contributed by atoms with Gasteiger partial charge in [0.15, 0.2) is 0 Å². The fourth-order valence-corrected chi connectivity index (χ4v) is 2.19. The standard InChI is InChI=1S/C14H15N5O/c1-8-13(7-19(2)18-8)17-14(20)12-6-9-5-10(15)3-4-11(9)16-12/h3-7,16H,15H2,1-2H3,(H,17,20). The predicted octanol–water partition coefficient (Wildman–Crippen LogP) is 2.04. The second kappa shape index (κ2) is 4.41. The average Bonchev–Trinajstić information content (AvgIpc) is 2.92. The summed E-state index contributed by atoms with van der Waals surface area (Å²) in [6, 6.07) is 7.27. The number of nitrogens with one attached hydrogen (secondary N) is 2. The molecular formula is C14H15N5O. The van der Waals surface area contributed by atoms with Crippen molar-refractivity contribution in [1.29, 1.82) is 0 Å². The minimum atomic E-state index is -0.198. The molecule has 0 radical (unpaired) electrons. The van der Waals surface area contributed by atoms with Crippen LogP contribution >= 0.6 is 0 Å². The first-order chi connectivity index (χ1) is 9.52. The zero-order valence-corrected chi connectivity index (χ0v) is 11.3. The van der Waals surface area contributed by atoms with Crippen molar-refractivity contribution in [2.75, 3.05) is 11.1 Å². The van der Waals surface area contributed by atoms with Gasteiger partial charge in [0.2, 0.25) is 0 Å². The van der Waals surface area contributed by atoms with Crippen LogP contribution in [0.2, 0.25) is 0 Å². The van der Waals surface area contributed by atoms with Gasteiger partial charge in [0.1, 0.15) is 5.69 Å². The Balaban J connectivity index is 1.90. The van der Waals surface area contributed by atoms with Gasteiger partial charge < -0.3 is 16.0 Å². The fraction of sp³-hybridized carbons (Fsp3) is 0.143. The van der Waals surface area contributed by atoms with Gasteiger partial charge in [-0.1, -0.05) is 0 Å². The van der Waals surface area contributed by atoms with Crippen LogP contribution < -0.4 is 11.1 Å². The molecule has 4 N–H and O–H groups in total. The Morgan fingerprint density at radius 2 is 2.20 bits per heavy atom. The van der Waals surface area contributed by atoms with E-state index in [4.69, 9.17) is 5.73 Å². The summed E-state index contributed by atoms with van der Waals surface area (Å²) in [5.41, 5.74) is 9.26. The van der Waals surface area contributed by atoms with Gasteiger partial charge >= 0.3 is 0 Å². The number of rotatable bonds is 2. The third kappa shape index (κ3) is 2.11. The van der Waals surface area contributed by atoms with Gasteiger partial charge in [-0.05, 0) is 31.2 Å². The van der Waals surface area contributed by atoms with Crippen LogP contribution in [0.25, 0.3) is 10.9 Å². The number of carbonyl (C=O) groups excluding carboxylic acids is 1. The highest BCUT2D eigenvalue weighted by Crippen LogP contribution is 2.19. The Morgan fingerprint density at radius 3 is 2.90 bits per heavy atom. The molecule has 2 heterocycles. The highest BCUT2D eigenvalue weighted by atomic mass is 16.1. The molecule has 0 saturated carbocycles. The molecule has 0 aliphatic heterocycles. The van der Waals surface area contributed by atoms with Crippen molar-refractivity contribution in [3.8, 4) is 0 Å². The largest absolute Gasteiger partial charge is 0.399 e. The number of hydrogen-bond acceptors (Lipinski definition) is 3. The molecule has 6 nitrogen and oxygen atoms in total. The Kier molecular flexibility index (Phi) is 2.71. The number of aryl methyl sites for hydroxylation is 2. The van der Waals surface area contributed by atoms with E-state index in [1.807, 2.05) is 26.1 Å². The molecule has 1 aromatic carbocycles. The van der Waals surface area contributed by atoms with Crippen LogP contribution in [0.5, 0.6) is 0 Å². The molecule has 0 atom stereocenters. The van der Waals surface area contributed by atoms with Crippen molar-refractivity contribution in [1.82, 2.24) is 14.8 Å². The molecule has 2 aromatic heterocycles. The monoisotopic (exact) mass is 269 g/mol. The normalized spacial score (nSPS) is 10.9. The first-order valence-corrected chi connectivity index (χ1v) is 6.23. The number of anilines is 2. The van der Waals surface area contributed by atoms with Crippen molar-refractivity contribution in [3.05, 3.63) is 41.9 Å². The van der Waals surface area contributed by atoms with Crippen LogP contribution in [0.15, 0.2) is 30.5 Å². The SMILES string of the molecule is Cc1nn(C)cc1NC(=O)c1cc2cc(N)ccc2[nH]1. The summed E-state index contributed by atoms with van der Waals surface area (Å²) in [4.78, 5) is 15.3. The Morgan fingerprint density at radius 1 is 1.40 bits per heavy atom. The summed E-state index contributed by atoms with van der Waals surface area (Å²) >= 11 is 0. The maximum Gasteiger partial charge on any atom is 0.272 e. The van der Waals surface area contributed by atoms with Crippen LogP contribution in [-0.2, 0) is 7.05 Å². The summed E-state index contributed by atoms with van der Waals surface area (Å²) in [6.07, 6.45) is 1.77. The molecule has 0 aliphatic rings. The quantitative estimate of drug-likeness (QED) is 0.622. The molecule has 1 amide bonds. The predicted molar refractivity (Wildman–Crippen MR) is 78.6 cm³/mol. The zero-order chi connectivity index (χ0) is 14.3. The number of hydrogen-bond donors (Lipinski definition) is 3. The molecule has 0 spiro atoms. The molecule has 6 heteroatoms. The number of aromatic nitrogens is 3. The molecule has 20 heavy (non-hydrogen) atoms. The molecule has 3 aromatic rings. The van der Waals surface area contributed by atoms with E-state index in [1.54, 1.807) is 23.0 Å². The maximum atomic E-state index is 12.2. The van der Waals surface area contributed by atoms with Gasteiger partial charge in [-0.15, -0.1) is 0 Å². The molecule has 0 saturated heterocycles. The van der Waals surface area contributed by atoms with Crippen LogP contribution in [-0.4, -0.2) is 20.7 Å². The summed E-state index contributed by atoms with van der Waals surface area (Å²) in [7, 11) is 1.81. The second-order valence-corrected chi connectivity index (χ2v) is 4.79. The third-order valence-electron chi connectivity index (χ3n) is 3.15. The lowest BCUT2D eigenvalue weighted by atomic mass is 10.2. The van der Waals surface area contributed by atoms with Crippen molar-refractivity contribution in [2.45, 2.75) is 6.92 Å².